The molecule has 0 saturated heterocycles. The third-order valence-electron chi connectivity index (χ3n) is 2.31. The Bertz CT molecular complexity index is 451. The van der Waals surface area contributed by atoms with E-state index in [1.54, 1.807) is 24.3 Å². The van der Waals surface area contributed by atoms with E-state index >= 15 is 0 Å². The first-order valence-electron chi connectivity index (χ1n) is 5.71. The number of carbonyl (C=O) groups is 2. The molecular weight excluding hydrogens is 250 g/mol. The Labute approximate surface area is 110 Å². The summed E-state index contributed by atoms with van der Waals surface area (Å²) in [4.78, 5) is 24.1. The fraction of sp³-hybridized carbons (Fsp3) is 0.385. The SMILES string of the molecule is Cc1ccc(/C=C/C(=O)NCC(C)CC(=O)O)s1. The predicted octanol–water partition coefficient (Wildman–Crippen LogP) is 2.30. The Morgan fingerprint density at radius 3 is 2.78 bits per heavy atom. The summed E-state index contributed by atoms with van der Waals surface area (Å²) in [5.41, 5.74) is 0. The molecule has 0 saturated carbocycles. The molecule has 4 nitrogen and oxygen atoms in total. The summed E-state index contributed by atoms with van der Waals surface area (Å²) in [7, 11) is 0. The fourth-order valence-electron chi connectivity index (χ4n) is 1.40. The quantitative estimate of drug-likeness (QED) is 0.777. The Balaban J connectivity index is 2.33. The first-order valence-corrected chi connectivity index (χ1v) is 6.53. The lowest BCUT2D eigenvalue weighted by molar-refractivity contribution is -0.138. The molecule has 1 amide bonds. The minimum absolute atomic E-state index is 0.0636. The van der Waals surface area contributed by atoms with Crippen LogP contribution in [0.3, 0.4) is 0 Å². The van der Waals surface area contributed by atoms with Gasteiger partial charge in [-0.3, -0.25) is 9.59 Å². The summed E-state index contributed by atoms with van der Waals surface area (Å²) in [6.07, 6.45) is 3.29. The number of thiophene rings is 1. The fourth-order valence-corrected chi connectivity index (χ4v) is 2.18. The maximum Gasteiger partial charge on any atom is 0.303 e. The van der Waals surface area contributed by atoms with Crippen molar-refractivity contribution in [2.45, 2.75) is 20.3 Å². The van der Waals surface area contributed by atoms with Gasteiger partial charge >= 0.3 is 5.97 Å². The summed E-state index contributed by atoms with van der Waals surface area (Å²) in [6.45, 7) is 4.18. The number of hydrogen-bond acceptors (Lipinski definition) is 3. The molecule has 1 unspecified atom stereocenters. The van der Waals surface area contributed by atoms with Crippen molar-refractivity contribution < 1.29 is 14.7 Å². The molecule has 1 rings (SSSR count). The molecule has 0 aliphatic rings. The van der Waals surface area contributed by atoms with E-state index in [1.165, 1.54) is 11.0 Å². The molecule has 0 fully saturated rings. The maximum absolute atomic E-state index is 11.5. The Hall–Kier alpha value is -1.62. The number of amides is 1. The lowest BCUT2D eigenvalue weighted by Crippen LogP contribution is -2.27. The molecule has 98 valence electrons. The van der Waals surface area contributed by atoms with Gasteiger partial charge in [-0.1, -0.05) is 6.92 Å². The average molecular weight is 267 g/mol. The number of carboxylic acids is 1. The van der Waals surface area contributed by atoms with Gasteiger partial charge in [-0.05, 0) is 31.1 Å². The first-order chi connectivity index (χ1) is 8.47. The molecule has 0 aliphatic heterocycles. The van der Waals surface area contributed by atoms with Crippen LogP contribution in [-0.4, -0.2) is 23.5 Å². The Kier molecular flexibility index (Phi) is 5.58. The van der Waals surface area contributed by atoms with Crippen LogP contribution < -0.4 is 5.32 Å². The second-order valence-electron chi connectivity index (χ2n) is 4.23. The average Bonchev–Trinajstić information content (AvgIpc) is 2.69. The van der Waals surface area contributed by atoms with Crippen molar-refractivity contribution in [1.82, 2.24) is 5.32 Å². The van der Waals surface area contributed by atoms with Gasteiger partial charge < -0.3 is 10.4 Å². The normalized spacial score (nSPS) is 12.6. The van der Waals surface area contributed by atoms with Gasteiger partial charge in [-0.2, -0.15) is 0 Å². The summed E-state index contributed by atoms with van der Waals surface area (Å²) >= 11 is 1.62. The molecule has 18 heavy (non-hydrogen) atoms. The van der Waals surface area contributed by atoms with E-state index in [4.69, 9.17) is 5.11 Å². The van der Waals surface area contributed by atoms with Crippen LogP contribution in [0.1, 0.15) is 23.1 Å². The molecular formula is C13H17NO3S. The summed E-state index contributed by atoms with van der Waals surface area (Å²) in [5.74, 6) is -1.11. The third kappa shape index (κ3) is 5.63. The van der Waals surface area contributed by atoms with Crippen LogP contribution in [0.5, 0.6) is 0 Å². The zero-order valence-corrected chi connectivity index (χ0v) is 11.3. The van der Waals surface area contributed by atoms with Crippen molar-refractivity contribution >= 4 is 29.3 Å². The number of nitrogens with one attached hydrogen (secondary N) is 1. The molecule has 0 bridgehead atoms. The van der Waals surface area contributed by atoms with Crippen LogP contribution in [0, 0.1) is 12.8 Å². The molecule has 0 aliphatic carbocycles. The van der Waals surface area contributed by atoms with Crippen LogP contribution in [-0.2, 0) is 9.59 Å². The lowest BCUT2D eigenvalue weighted by Gasteiger charge is -2.08. The molecule has 0 radical (unpaired) electrons. The lowest BCUT2D eigenvalue weighted by atomic mass is 10.1. The van der Waals surface area contributed by atoms with E-state index in [1.807, 2.05) is 19.1 Å². The summed E-state index contributed by atoms with van der Waals surface area (Å²) < 4.78 is 0. The van der Waals surface area contributed by atoms with E-state index < -0.39 is 5.97 Å². The van der Waals surface area contributed by atoms with Crippen LogP contribution >= 0.6 is 11.3 Å². The molecule has 1 aromatic rings. The number of aliphatic carboxylic acids is 1. The van der Waals surface area contributed by atoms with Gasteiger partial charge in [0.2, 0.25) is 5.91 Å². The van der Waals surface area contributed by atoms with Crippen LogP contribution in [0.2, 0.25) is 0 Å². The van der Waals surface area contributed by atoms with Crippen molar-refractivity contribution in [2.24, 2.45) is 5.92 Å². The predicted molar refractivity (Wildman–Crippen MR) is 72.5 cm³/mol. The van der Waals surface area contributed by atoms with Crippen molar-refractivity contribution in [2.75, 3.05) is 6.54 Å². The topological polar surface area (TPSA) is 66.4 Å². The second kappa shape index (κ2) is 6.96. The first kappa shape index (κ1) is 14.4. The van der Waals surface area contributed by atoms with Crippen molar-refractivity contribution in [3.05, 3.63) is 28.0 Å². The van der Waals surface area contributed by atoms with E-state index in [0.717, 1.165) is 4.88 Å². The van der Waals surface area contributed by atoms with E-state index in [-0.39, 0.29) is 18.2 Å². The van der Waals surface area contributed by atoms with Crippen LogP contribution in [0.15, 0.2) is 18.2 Å². The second-order valence-corrected chi connectivity index (χ2v) is 5.55. The minimum Gasteiger partial charge on any atom is -0.481 e. The molecule has 0 spiro atoms. The summed E-state index contributed by atoms with van der Waals surface area (Å²) in [5, 5.41) is 11.3. The Morgan fingerprint density at radius 1 is 1.50 bits per heavy atom. The van der Waals surface area contributed by atoms with Crippen LogP contribution in [0.4, 0.5) is 0 Å². The number of carboxylic acid groups (broad SMARTS) is 1. The van der Waals surface area contributed by atoms with E-state index in [0.29, 0.717) is 6.54 Å². The van der Waals surface area contributed by atoms with Gasteiger partial charge in [0.1, 0.15) is 0 Å². The van der Waals surface area contributed by atoms with Crippen molar-refractivity contribution in [1.29, 1.82) is 0 Å². The molecule has 1 aromatic heterocycles. The standard InChI is InChI=1S/C13H17NO3S/c1-9(7-13(16)17)8-14-12(15)6-5-11-4-3-10(2)18-11/h3-6,9H,7-8H2,1-2H3,(H,14,15)(H,16,17)/b6-5+. The molecule has 2 N–H and O–H groups in total. The van der Waals surface area contributed by atoms with Gasteiger partial charge in [0.05, 0.1) is 0 Å². The highest BCUT2D eigenvalue weighted by molar-refractivity contribution is 7.12. The Morgan fingerprint density at radius 2 is 2.22 bits per heavy atom. The smallest absolute Gasteiger partial charge is 0.303 e. The highest BCUT2D eigenvalue weighted by Gasteiger charge is 2.07. The van der Waals surface area contributed by atoms with Gasteiger partial charge in [0.15, 0.2) is 0 Å². The van der Waals surface area contributed by atoms with Crippen molar-refractivity contribution in [3.63, 3.8) is 0 Å². The molecule has 1 heterocycles. The number of carbonyl (C=O) groups excluding carboxylic acids is 1. The monoisotopic (exact) mass is 267 g/mol. The third-order valence-corrected chi connectivity index (χ3v) is 3.27. The van der Waals surface area contributed by atoms with Crippen molar-refractivity contribution in [3.8, 4) is 0 Å². The summed E-state index contributed by atoms with van der Waals surface area (Å²) in [6, 6.07) is 3.95. The number of rotatable bonds is 6. The maximum atomic E-state index is 11.5. The van der Waals surface area contributed by atoms with E-state index in [9.17, 15) is 9.59 Å². The highest BCUT2D eigenvalue weighted by atomic mass is 32.1. The highest BCUT2D eigenvalue weighted by Crippen LogP contribution is 2.16. The van der Waals surface area contributed by atoms with Gasteiger partial charge in [0, 0.05) is 28.8 Å². The largest absolute Gasteiger partial charge is 0.481 e. The van der Waals surface area contributed by atoms with Gasteiger partial charge in [-0.15, -0.1) is 11.3 Å². The molecule has 0 aromatic carbocycles. The minimum atomic E-state index is -0.846. The van der Waals surface area contributed by atoms with Crippen LogP contribution in [0.25, 0.3) is 6.08 Å². The van der Waals surface area contributed by atoms with Gasteiger partial charge in [0.25, 0.3) is 0 Å². The number of aryl methyl sites for hydroxylation is 1. The molecule has 5 heteroatoms. The number of hydrogen-bond donors (Lipinski definition) is 2. The zero-order valence-electron chi connectivity index (χ0n) is 10.5. The van der Waals surface area contributed by atoms with E-state index in [2.05, 4.69) is 5.32 Å². The zero-order chi connectivity index (χ0) is 13.5. The molecule has 1 atom stereocenters. The van der Waals surface area contributed by atoms with Gasteiger partial charge in [-0.25, -0.2) is 0 Å².